The number of rotatable bonds is 6. The van der Waals surface area contributed by atoms with E-state index >= 15 is 0 Å². The second-order valence-electron chi connectivity index (χ2n) is 5.44. The summed E-state index contributed by atoms with van der Waals surface area (Å²) in [5.74, 6) is 0.953. The molecule has 0 unspecified atom stereocenters. The van der Waals surface area contributed by atoms with Crippen LogP contribution in [-0.4, -0.2) is 23.3 Å². The molecule has 2 N–H and O–H groups in total. The van der Waals surface area contributed by atoms with Gasteiger partial charge in [-0.05, 0) is 44.4 Å². The van der Waals surface area contributed by atoms with E-state index in [1.165, 1.54) is 32.1 Å². The molecular weight excluding hydrogens is 198 g/mol. The highest BCUT2D eigenvalue weighted by molar-refractivity contribution is 4.82. The highest BCUT2D eigenvalue weighted by Crippen LogP contribution is 2.26. The summed E-state index contributed by atoms with van der Waals surface area (Å²) in [6, 6.07) is 0.646. The largest absolute Gasteiger partial charge is 0.389 e. The highest BCUT2D eigenvalue weighted by Gasteiger charge is 2.25. The monoisotopic (exact) mass is 227 g/mol. The van der Waals surface area contributed by atoms with Crippen LogP contribution in [-0.2, 0) is 0 Å². The van der Waals surface area contributed by atoms with Crippen molar-refractivity contribution >= 4 is 0 Å². The van der Waals surface area contributed by atoms with Gasteiger partial charge in [-0.3, -0.25) is 0 Å². The van der Waals surface area contributed by atoms with Crippen molar-refractivity contribution in [3.8, 4) is 0 Å². The molecule has 16 heavy (non-hydrogen) atoms. The van der Waals surface area contributed by atoms with Gasteiger partial charge in [0.05, 0.1) is 5.60 Å². The predicted octanol–water partition coefficient (Wildman–Crippen LogP) is 3.10. The average molecular weight is 227 g/mol. The lowest BCUT2D eigenvalue weighted by Crippen LogP contribution is -2.44. The standard InChI is InChI=1S/C14H29NO/c1-4-12-7-9-13(10-8-12)15-11-14(16,5-2)6-3/h12-13,15-16H,4-11H2,1-3H3. The molecule has 0 aromatic carbocycles. The highest BCUT2D eigenvalue weighted by atomic mass is 16.3. The molecule has 1 aliphatic carbocycles. The molecular formula is C14H29NO. The van der Waals surface area contributed by atoms with E-state index in [1.54, 1.807) is 0 Å². The van der Waals surface area contributed by atoms with Crippen LogP contribution in [0.3, 0.4) is 0 Å². The van der Waals surface area contributed by atoms with Gasteiger partial charge in [-0.2, -0.15) is 0 Å². The summed E-state index contributed by atoms with van der Waals surface area (Å²) in [5, 5.41) is 13.8. The number of hydrogen-bond acceptors (Lipinski definition) is 2. The molecule has 0 radical (unpaired) electrons. The van der Waals surface area contributed by atoms with Crippen LogP contribution in [0.5, 0.6) is 0 Å². The van der Waals surface area contributed by atoms with E-state index in [2.05, 4.69) is 26.1 Å². The van der Waals surface area contributed by atoms with Crippen LogP contribution in [0.15, 0.2) is 0 Å². The van der Waals surface area contributed by atoms with Crippen LogP contribution in [0.2, 0.25) is 0 Å². The number of hydrogen-bond donors (Lipinski definition) is 2. The average Bonchev–Trinajstić information content (AvgIpc) is 2.36. The first kappa shape index (κ1) is 14.0. The van der Waals surface area contributed by atoms with Gasteiger partial charge < -0.3 is 10.4 Å². The molecule has 0 saturated heterocycles. The summed E-state index contributed by atoms with van der Waals surface area (Å²) in [4.78, 5) is 0. The fraction of sp³-hybridized carbons (Fsp3) is 1.00. The predicted molar refractivity (Wildman–Crippen MR) is 69.6 cm³/mol. The number of nitrogens with one attached hydrogen (secondary N) is 1. The Morgan fingerprint density at radius 1 is 1.06 bits per heavy atom. The Morgan fingerprint density at radius 2 is 1.62 bits per heavy atom. The molecule has 0 bridgehead atoms. The van der Waals surface area contributed by atoms with E-state index in [9.17, 15) is 5.11 Å². The molecule has 0 atom stereocenters. The number of aliphatic hydroxyl groups is 1. The normalized spacial score (nSPS) is 27.0. The van der Waals surface area contributed by atoms with Crippen molar-refractivity contribution in [2.75, 3.05) is 6.54 Å². The fourth-order valence-electron chi connectivity index (χ4n) is 2.61. The smallest absolute Gasteiger partial charge is 0.0766 e. The molecule has 0 heterocycles. The zero-order chi connectivity index (χ0) is 12.0. The molecule has 0 aliphatic heterocycles. The molecule has 1 aliphatic rings. The molecule has 2 nitrogen and oxygen atoms in total. The van der Waals surface area contributed by atoms with E-state index in [1.807, 2.05) is 0 Å². The maximum Gasteiger partial charge on any atom is 0.0766 e. The summed E-state index contributed by atoms with van der Waals surface area (Å²) in [7, 11) is 0. The van der Waals surface area contributed by atoms with Crippen LogP contribution in [0.25, 0.3) is 0 Å². The molecule has 2 heteroatoms. The minimum absolute atomic E-state index is 0.485. The van der Waals surface area contributed by atoms with E-state index in [0.717, 1.165) is 25.3 Å². The van der Waals surface area contributed by atoms with Crippen molar-refractivity contribution in [1.82, 2.24) is 5.32 Å². The first-order chi connectivity index (χ1) is 7.63. The second kappa shape index (κ2) is 6.61. The lowest BCUT2D eigenvalue weighted by atomic mass is 9.84. The third-order valence-electron chi connectivity index (χ3n) is 4.46. The van der Waals surface area contributed by atoms with Gasteiger partial charge in [0.25, 0.3) is 0 Å². The minimum Gasteiger partial charge on any atom is -0.389 e. The van der Waals surface area contributed by atoms with Crippen molar-refractivity contribution < 1.29 is 5.11 Å². The third-order valence-corrected chi connectivity index (χ3v) is 4.46. The Morgan fingerprint density at radius 3 is 2.06 bits per heavy atom. The summed E-state index contributed by atoms with van der Waals surface area (Å²) in [6.45, 7) is 7.20. The van der Waals surface area contributed by atoms with Crippen molar-refractivity contribution in [2.45, 2.75) is 77.4 Å². The molecule has 0 amide bonds. The summed E-state index contributed by atoms with van der Waals surface area (Å²) in [5.41, 5.74) is -0.485. The summed E-state index contributed by atoms with van der Waals surface area (Å²) in [6.07, 6.45) is 8.35. The van der Waals surface area contributed by atoms with Crippen LogP contribution < -0.4 is 5.32 Å². The zero-order valence-electron chi connectivity index (χ0n) is 11.3. The van der Waals surface area contributed by atoms with Crippen LogP contribution in [0.4, 0.5) is 0 Å². The van der Waals surface area contributed by atoms with Crippen LogP contribution >= 0.6 is 0 Å². The van der Waals surface area contributed by atoms with E-state index in [4.69, 9.17) is 0 Å². The quantitative estimate of drug-likeness (QED) is 0.731. The molecule has 0 aromatic heterocycles. The van der Waals surface area contributed by atoms with E-state index in [0.29, 0.717) is 6.04 Å². The third kappa shape index (κ3) is 4.06. The van der Waals surface area contributed by atoms with Crippen LogP contribution in [0.1, 0.15) is 65.7 Å². The van der Waals surface area contributed by atoms with Gasteiger partial charge >= 0.3 is 0 Å². The maximum atomic E-state index is 10.2. The molecule has 1 rings (SSSR count). The van der Waals surface area contributed by atoms with Crippen molar-refractivity contribution in [3.05, 3.63) is 0 Å². The Labute approximate surface area is 101 Å². The maximum absolute atomic E-state index is 10.2. The van der Waals surface area contributed by atoms with Gasteiger partial charge in [0, 0.05) is 12.6 Å². The second-order valence-corrected chi connectivity index (χ2v) is 5.44. The Bertz CT molecular complexity index is 181. The van der Waals surface area contributed by atoms with Gasteiger partial charge in [-0.15, -0.1) is 0 Å². The van der Waals surface area contributed by atoms with Gasteiger partial charge in [-0.1, -0.05) is 27.2 Å². The first-order valence-electron chi connectivity index (χ1n) is 7.09. The lowest BCUT2D eigenvalue weighted by molar-refractivity contribution is 0.0280. The van der Waals surface area contributed by atoms with E-state index in [-0.39, 0.29) is 0 Å². The first-order valence-corrected chi connectivity index (χ1v) is 7.09. The Balaban J connectivity index is 2.24. The van der Waals surface area contributed by atoms with Crippen LogP contribution in [0, 0.1) is 5.92 Å². The minimum atomic E-state index is -0.485. The topological polar surface area (TPSA) is 32.3 Å². The van der Waals surface area contributed by atoms with Gasteiger partial charge in [0.2, 0.25) is 0 Å². The van der Waals surface area contributed by atoms with Crippen molar-refractivity contribution in [3.63, 3.8) is 0 Å². The molecule has 0 aromatic rings. The zero-order valence-corrected chi connectivity index (χ0v) is 11.3. The van der Waals surface area contributed by atoms with Crippen molar-refractivity contribution in [1.29, 1.82) is 0 Å². The Kier molecular flexibility index (Phi) is 5.77. The van der Waals surface area contributed by atoms with Gasteiger partial charge in [0.15, 0.2) is 0 Å². The van der Waals surface area contributed by atoms with E-state index < -0.39 is 5.60 Å². The Hall–Kier alpha value is -0.0800. The summed E-state index contributed by atoms with van der Waals surface area (Å²) >= 11 is 0. The molecule has 1 saturated carbocycles. The molecule has 1 fully saturated rings. The summed E-state index contributed by atoms with van der Waals surface area (Å²) < 4.78 is 0. The van der Waals surface area contributed by atoms with Gasteiger partial charge in [0.1, 0.15) is 0 Å². The fourth-order valence-corrected chi connectivity index (χ4v) is 2.61. The SMILES string of the molecule is CCC1CCC(NCC(O)(CC)CC)CC1. The van der Waals surface area contributed by atoms with Gasteiger partial charge in [-0.25, -0.2) is 0 Å². The molecule has 0 spiro atoms. The lowest BCUT2D eigenvalue weighted by Gasteiger charge is -2.32. The molecule has 96 valence electrons. The van der Waals surface area contributed by atoms with Crippen molar-refractivity contribution in [2.24, 2.45) is 5.92 Å².